The molecule has 0 fully saturated rings. The number of hydrogen-bond donors (Lipinski definition) is 0. The molecule has 1 aliphatic carbocycles. The molecule has 0 saturated heterocycles. The molecule has 3 aromatic rings. The van der Waals surface area contributed by atoms with Crippen LogP contribution in [0.25, 0.3) is 21.5 Å². The van der Waals surface area contributed by atoms with Gasteiger partial charge in [-0.2, -0.15) is 0 Å². The molecule has 0 spiro atoms. The minimum Gasteiger partial charge on any atom is -0.298 e. The first-order chi connectivity index (χ1) is 13.3. The van der Waals surface area contributed by atoms with Crippen molar-refractivity contribution in [3.63, 3.8) is 0 Å². The second-order valence-electron chi connectivity index (χ2n) is 7.27. The van der Waals surface area contributed by atoms with Crippen molar-refractivity contribution in [2.75, 3.05) is 5.75 Å². The first kappa shape index (κ1) is 18.1. The van der Waals surface area contributed by atoms with Gasteiger partial charge in [-0.3, -0.25) is 4.79 Å². The van der Waals surface area contributed by atoms with Crippen molar-refractivity contribution in [1.29, 1.82) is 0 Å². The van der Waals surface area contributed by atoms with Crippen LogP contribution in [-0.2, 0) is 11.2 Å². The van der Waals surface area contributed by atoms with Crippen LogP contribution < -0.4 is 0 Å². The number of carbonyl (C=O) groups is 1. The molecule has 136 valence electrons. The summed E-state index contributed by atoms with van der Waals surface area (Å²) in [6.07, 6.45) is 8.53. The van der Waals surface area contributed by atoms with Crippen molar-refractivity contribution in [1.82, 2.24) is 0 Å². The third-order valence-corrected chi connectivity index (χ3v) is 6.23. The lowest BCUT2D eigenvalue weighted by atomic mass is 9.80. The standard InChI is InChI=1S/C19H18.C6H6OS/c1-13-5-4-7-15-10-11-17-16-8-3-2-6-14(16)9-12-18(17)19(13)15;7-5-6-1-3-8-4-2-6/h2-3,6,8-13H,4-5,7H2,1H3;1-3,5H,4H2. The zero-order valence-electron chi connectivity index (χ0n) is 15.7. The Kier molecular flexibility index (Phi) is 5.45. The van der Waals surface area contributed by atoms with Gasteiger partial charge in [0.25, 0.3) is 0 Å². The fraction of sp³-hybridized carbons (Fsp3) is 0.240. The van der Waals surface area contributed by atoms with Crippen LogP contribution in [0.1, 0.15) is 36.8 Å². The molecule has 2 aliphatic rings. The van der Waals surface area contributed by atoms with Gasteiger partial charge in [-0.15, -0.1) is 11.8 Å². The minimum atomic E-state index is 0.702. The fourth-order valence-electron chi connectivity index (χ4n) is 4.18. The second-order valence-corrected chi connectivity index (χ2v) is 8.21. The lowest BCUT2D eigenvalue weighted by Gasteiger charge is -2.24. The number of thioether (sulfide) groups is 1. The van der Waals surface area contributed by atoms with E-state index in [-0.39, 0.29) is 0 Å². The molecule has 1 aliphatic heterocycles. The molecule has 2 heteroatoms. The van der Waals surface area contributed by atoms with E-state index in [1.807, 2.05) is 17.6 Å². The Morgan fingerprint density at radius 3 is 2.63 bits per heavy atom. The fourth-order valence-corrected chi connectivity index (χ4v) is 4.83. The molecule has 27 heavy (non-hydrogen) atoms. The average Bonchev–Trinajstić information content (AvgIpc) is 2.74. The summed E-state index contributed by atoms with van der Waals surface area (Å²) < 4.78 is 0. The number of carbonyl (C=O) groups excluding carboxylic acids is 1. The van der Waals surface area contributed by atoms with Crippen LogP contribution in [0.4, 0.5) is 0 Å². The van der Waals surface area contributed by atoms with Gasteiger partial charge < -0.3 is 0 Å². The Bertz CT molecular complexity index is 1040. The first-order valence-corrected chi connectivity index (χ1v) is 10.7. The molecule has 1 atom stereocenters. The van der Waals surface area contributed by atoms with Crippen molar-refractivity contribution < 1.29 is 4.79 Å². The first-order valence-electron chi connectivity index (χ1n) is 9.64. The summed E-state index contributed by atoms with van der Waals surface area (Å²) in [4.78, 5) is 10.0. The predicted molar refractivity (Wildman–Crippen MR) is 119 cm³/mol. The third kappa shape index (κ3) is 3.72. The Morgan fingerprint density at radius 1 is 1.00 bits per heavy atom. The Balaban J connectivity index is 0.000000190. The van der Waals surface area contributed by atoms with Gasteiger partial charge in [-0.1, -0.05) is 61.5 Å². The molecule has 0 N–H and O–H groups in total. The highest BCUT2D eigenvalue weighted by atomic mass is 32.2. The van der Waals surface area contributed by atoms with E-state index >= 15 is 0 Å². The maximum absolute atomic E-state index is 10.0. The van der Waals surface area contributed by atoms with E-state index in [2.05, 4.69) is 55.5 Å². The van der Waals surface area contributed by atoms with Gasteiger partial charge in [-0.05, 0) is 69.3 Å². The molecule has 1 nitrogen and oxygen atoms in total. The van der Waals surface area contributed by atoms with Crippen LogP contribution >= 0.6 is 11.8 Å². The highest BCUT2D eigenvalue weighted by molar-refractivity contribution is 8.02. The lowest BCUT2D eigenvalue weighted by molar-refractivity contribution is -0.104. The van der Waals surface area contributed by atoms with E-state index in [0.717, 1.165) is 17.6 Å². The molecule has 0 saturated carbocycles. The van der Waals surface area contributed by atoms with Crippen molar-refractivity contribution in [3.05, 3.63) is 82.8 Å². The van der Waals surface area contributed by atoms with Crippen LogP contribution in [-0.4, -0.2) is 12.0 Å². The van der Waals surface area contributed by atoms with Gasteiger partial charge >= 0.3 is 0 Å². The van der Waals surface area contributed by atoms with Gasteiger partial charge in [0, 0.05) is 11.3 Å². The quantitative estimate of drug-likeness (QED) is 0.345. The Hall–Kier alpha value is -2.32. The van der Waals surface area contributed by atoms with Crippen LogP contribution in [0.5, 0.6) is 0 Å². The van der Waals surface area contributed by atoms with E-state index in [0.29, 0.717) is 5.92 Å². The van der Waals surface area contributed by atoms with Gasteiger partial charge in [0.15, 0.2) is 0 Å². The molecule has 0 aromatic heterocycles. The Labute approximate surface area is 165 Å². The van der Waals surface area contributed by atoms with E-state index in [1.54, 1.807) is 22.9 Å². The van der Waals surface area contributed by atoms with Crippen LogP contribution in [0.2, 0.25) is 0 Å². The van der Waals surface area contributed by atoms with Crippen molar-refractivity contribution in [3.8, 4) is 0 Å². The predicted octanol–water partition coefficient (Wildman–Crippen LogP) is 6.81. The molecule has 1 heterocycles. The molecule has 0 amide bonds. The summed E-state index contributed by atoms with van der Waals surface area (Å²) in [6, 6.07) is 18.0. The van der Waals surface area contributed by atoms with Gasteiger partial charge in [0.2, 0.25) is 0 Å². The van der Waals surface area contributed by atoms with Crippen molar-refractivity contribution in [2.24, 2.45) is 0 Å². The number of hydrogen-bond acceptors (Lipinski definition) is 2. The summed E-state index contributed by atoms with van der Waals surface area (Å²) in [5, 5.41) is 7.57. The monoisotopic (exact) mass is 372 g/mol. The topological polar surface area (TPSA) is 17.1 Å². The second kappa shape index (κ2) is 8.14. The molecule has 0 bridgehead atoms. The maximum Gasteiger partial charge on any atom is 0.149 e. The van der Waals surface area contributed by atoms with Crippen LogP contribution in [0.3, 0.4) is 0 Å². The van der Waals surface area contributed by atoms with Crippen LogP contribution in [0, 0.1) is 0 Å². The molecule has 5 rings (SSSR count). The molecular weight excluding hydrogens is 348 g/mol. The SMILES string of the molecule is CC1CCCc2ccc3c(ccc4ccccc43)c21.O=CC1=CCSC=C1. The average molecular weight is 373 g/mol. The summed E-state index contributed by atoms with van der Waals surface area (Å²) in [7, 11) is 0. The smallest absolute Gasteiger partial charge is 0.149 e. The van der Waals surface area contributed by atoms with E-state index < -0.39 is 0 Å². The molecule has 3 aromatic carbocycles. The van der Waals surface area contributed by atoms with Crippen molar-refractivity contribution >= 4 is 39.6 Å². The lowest BCUT2D eigenvalue weighted by Crippen LogP contribution is -2.07. The minimum absolute atomic E-state index is 0.702. The highest BCUT2D eigenvalue weighted by Gasteiger charge is 2.19. The number of benzene rings is 3. The number of allylic oxidation sites excluding steroid dienone is 2. The van der Waals surface area contributed by atoms with E-state index in [4.69, 9.17) is 0 Å². The Morgan fingerprint density at radius 2 is 1.85 bits per heavy atom. The van der Waals surface area contributed by atoms with E-state index in [9.17, 15) is 4.79 Å². The number of rotatable bonds is 1. The van der Waals surface area contributed by atoms with E-state index in [1.165, 1.54) is 40.8 Å². The van der Waals surface area contributed by atoms with Crippen molar-refractivity contribution in [2.45, 2.75) is 32.1 Å². The maximum atomic E-state index is 10.0. The number of aryl methyl sites for hydroxylation is 1. The highest BCUT2D eigenvalue weighted by Crippen LogP contribution is 2.38. The van der Waals surface area contributed by atoms with Gasteiger partial charge in [0.1, 0.15) is 6.29 Å². The third-order valence-electron chi connectivity index (χ3n) is 5.54. The normalized spacial score (nSPS) is 18.4. The summed E-state index contributed by atoms with van der Waals surface area (Å²) >= 11 is 1.70. The summed E-state index contributed by atoms with van der Waals surface area (Å²) in [5.41, 5.74) is 3.97. The zero-order valence-corrected chi connectivity index (χ0v) is 16.5. The summed E-state index contributed by atoms with van der Waals surface area (Å²) in [6.45, 7) is 2.38. The number of fused-ring (bicyclic) bond motifs is 5. The molecule has 1 unspecified atom stereocenters. The van der Waals surface area contributed by atoms with Crippen LogP contribution in [0.15, 0.2) is 71.7 Å². The molecular formula is C25H24OS. The zero-order chi connectivity index (χ0) is 18.6. The van der Waals surface area contributed by atoms with Gasteiger partial charge in [0.05, 0.1) is 0 Å². The largest absolute Gasteiger partial charge is 0.298 e. The van der Waals surface area contributed by atoms with Gasteiger partial charge in [-0.25, -0.2) is 0 Å². The number of aldehydes is 1. The summed E-state index contributed by atoms with van der Waals surface area (Å²) in [5.74, 6) is 1.64. The molecule has 0 radical (unpaired) electrons.